The SMILES string of the molecule is CC#C[C@@H](CC(=O)O)c1ccc(O[C@@H]2CCc3c(-c4cnc(O[C@@H]5CCOC5)c(C#N)c4)ccc(F)c32)cc1. The lowest BCUT2D eigenvalue weighted by Crippen LogP contribution is -2.17. The van der Waals surface area contributed by atoms with E-state index in [0.29, 0.717) is 48.5 Å². The number of nitriles is 1. The van der Waals surface area contributed by atoms with E-state index < -0.39 is 18.0 Å². The van der Waals surface area contributed by atoms with Crippen LogP contribution in [0.3, 0.4) is 0 Å². The fourth-order valence-corrected chi connectivity index (χ4v) is 5.14. The Morgan fingerprint density at radius 3 is 2.74 bits per heavy atom. The summed E-state index contributed by atoms with van der Waals surface area (Å²) in [5.74, 6) is 4.88. The van der Waals surface area contributed by atoms with Crippen molar-refractivity contribution in [3.05, 3.63) is 76.7 Å². The molecule has 1 aromatic heterocycles. The standard InChI is InChI=1S/C31H27FN2O5/c1-2-3-20(15-29(35)36)19-4-6-23(7-5-19)38-28-11-9-26-25(8-10-27(32)30(26)28)22-14-21(16-33)31(34-17-22)39-24-12-13-37-18-24/h4-8,10,14,17,20,24,28H,9,11-13,15,18H2,1H3,(H,35,36)/t20-,24+,28+/m0/s1. The number of carboxylic acids is 1. The first-order chi connectivity index (χ1) is 19.0. The van der Waals surface area contributed by atoms with Crippen LogP contribution < -0.4 is 9.47 Å². The minimum absolute atomic E-state index is 0.0878. The molecule has 0 bridgehead atoms. The quantitative estimate of drug-likeness (QED) is 0.383. The number of carboxylic acid groups (broad SMARTS) is 1. The van der Waals surface area contributed by atoms with Gasteiger partial charge in [-0.25, -0.2) is 9.37 Å². The fraction of sp³-hybridized carbons (Fsp3) is 0.323. The molecule has 198 valence electrons. The summed E-state index contributed by atoms with van der Waals surface area (Å²) >= 11 is 0. The van der Waals surface area contributed by atoms with Crippen molar-refractivity contribution in [2.75, 3.05) is 13.2 Å². The van der Waals surface area contributed by atoms with Gasteiger partial charge in [-0.2, -0.15) is 5.26 Å². The van der Waals surface area contributed by atoms with Gasteiger partial charge in [-0.15, -0.1) is 5.92 Å². The van der Waals surface area contributed by atoms with Crippen molar-refractivity contribution < 1.29 is 28.5 Å². The van der Waals surface area contributed by atoms with Gasteiger partial charge in [0.2, 0.25) is 5.88 Å². The summed E-state index contributed by atoms with van der Waals surface area (Å²) in [6.07, 6.45) is 2.91. The number of aromatic nitrogens is 1. The van der Waals surface area contributed by atoms with Gasteiger partial charge in [0.15, 0.2) is 0 Å². The number of hydrogen-bond acceptors (Lipinski definition) is 6. The topological polar surface area (TPSA) is 102 Å². The van der Waals surface area contributed by atoms with E-state index in [2.05, 4.69) is 22.9 Å². The number of hydrogen-bond donors (Lipinski definition) is 1. The van der Waals surface area contributed by atoms with Crippen molar-refractivity contribution >= 4 is 5.97 Å². The van der Waals surface area contributed by atoms with Crippen molar-refractivity contribution in [1.82, 2.24) is 4.98 Å². The van der Waals surface area contributed by atoms with E-state index in [1.165, 1.54) is 6.07 Å². The molecule has 0 amide bonds. The number of fused-ring (bicyclic) bond motifs is 1. The van der Waals surface area contributed by atoms with Gasteiger partial charge in [0.25, 0.3) is 0 Å². The second-order valence-corrected chi connectivity index (χ2v) is 9.54. The van der Waals surface area contributed by atoms with Crippen LogP contribution in [-0.2, 0) is 16.0 Å². The summed E-state index contributed by atoms with van der Waals surface area (Å²) in [5, 5.41) is 18.9. The summed E-state index contributed by atoms with van der Waals surface area (Å²) in [5.41, 5.74) is 3.95. The van der Waals surface area contributed by atoms with Crippen molar-refractivity contribution in [2.45, 2.75) is 50.7 Å². The molecule has 0 unspecified atom stereocenters. The molecule has 2 aromatic carbocycles. The molecule has 0 radical (unpaired) electrons. The van der Waals surface area contributed by atoms with Crippen LogP contribution in [0.2, 0.25) is 0 Å². The Labute approximate surface area is 226 Å². The maximum atomic E-state index is 15.1. The number of benzene rings is 2. The molecule has 1 saturated heterocycles. The van der Waals surface area contributed by atoms with E-state index in [9.17, 15) is 15.2 Å². The Balaban J connectivity index is 1.38. The van der Waals surface area contributed by atoms with Gasteiger partial charge in [0, 0.05) is 23.7 Å². The van der Waals surface area contributed by atoms with Gasteiger partial charge < -0.3 is 19.3 Å². The molecule has 1 aliphatic carbocycles. The Kier molecular flexibility index (Phi) is 7.76. The van der Waals surface area contributed by atoms with E-state index in [1.54, 1.807) is 49.5 Å². The van der Waals surface area contributed by atoms with Gasteiger partial charge >= 0.3 is 5.97 Å². The zero-order chi connectivity index (χ0) is 27.4. The van der Waals surface area contributed by atoms with E-state index >= 15 is 4.39 Å². The zero-order valence-electron chi connectivity index (χ0n) is 21.4. The maximum Gasteiger partial charge on any atom is 0.304 e. The summed E-state index contributed by atoms with van der Waals surface area (Å²) < 4.78 is 32.5. The lowest BCUT2D eigenvalue weighted by Gasteiger charge is -2.18. The van der Waals surface area contributed by atoms with Gasteiger partial charge in [-0.05, 0) is 60.7 Å². The highest BCUT2D eigenvalue weighted by molar-refractivity contribution is 5.71. The fourth-order valence-electron chi connectivity index (χ4n) is 5.14. The minimum atomic E-state index is -0.917. The Bertz CT molecular complexity index is 1480. The van der Waals surface area contributed by atoms with Crippen LogP contribution in [0, 0.1) is 29.0 Å². The number of aliphatic carboxylic acids is 1. The first-order valence-electron chi connectivity index (χ1n) is 12.8. The highest BCUT2D eigenvalue weighted by Gasteiger charge is 2.31. The molecule has 2 heterocycles. The molecule has 0 saturated carbocycles. The lowest BCUT2D eigenvalue weighted by molar-refractivity contribution is -0.137. The Morgan fingerprint density at radius 2 is 2.05 bits per heavy atom. The first kappa shape index (κ1) is 26.2. The summed E-state index contributed by atoms with van der Waals surface area (Å²) in [7, 11) is 0. The average Bonchev–Trinajstić information content (AvgIpc) is 3.60. The van der Waals surface area contributed by atoms with Gasteiger partial charge in [0.1, 0.15) is 35.4 Å². The summed E-state index contributed by atoms with van der Waals surface area (Å²) in [6, 6.07) is 14.1. The smallest absolute Gasteiger partial charge is 0.304 e. The molecule has 3 atom stereocenters. The van der Waals surface area contributed by atoms with Gasteiger partial charge in [-0.1, -0.05) is 24.1 Å². The third kappa shape index (κ3) is 5.72. The van der Waals surface area contributed by atoms with E-state index in [1.807, 2.05) is 0 Å². The molecule has 5 rings (SSSR count). The third-order valence-electron chi connectivity index (χ3n) is 6.99. The largest absolute Gasteiger partial charge is 0.486 e. The van der Waals surface area contributed by atoms with Gasteiger partial charge in [-0.3, -0.25) is 4.79 Å². The van der Waals surface area contributed by atoms with Crippen LogP contribution in [0.4, 0.5) is 4.39 Å². The van der Waals surface area contributed by atoms with Crippen LogP contribution in [0.5, 0.6) is 11.6 Å². The maximum absolute atomic E-state index is 15.1. The Hall–Kier alpha value is -4.40. The van der Waals surface area contributed by atoms with Crippen LogP contribution in [0.1, 0.15) is 60.5 Å². The summed E-state index contributed by atoms with van der Waals surface area (Å²) in [6.45, 7) is 2.77. The zero-order valence-corrected chi connectivity index (χ0v) is 21.4. The molecular formula is C31H27FN2O5. The Morgan fingerprint density at radius 1 is 1.23 bits per heavy atom. The van der Waals surface area contributed by atoms with Crippen molar-refractivity contribution in [3.8, 4) is 40.7 Å². The molecule has 0 spiro atoms. The molecule has 3 aromatic rings. The number of pyridine rings is 1. The van der Waals surface area contributed by atoms with E-state index in [4.69, 9.17) is 14.2 Å². The number of rotatable bonds is 8. The van der Waals surface area contributed by atoms with E-state index in [-0.39, 0.29) is 24.2 Å². The second kappa shape index (κ2) is 11.6. The number of halogens is 1. The molecule has 2 aliphatic rings. The molecule has 1 fully saturated rings. The highest BCUT2D eigenvalue weighted by atomic mass is 19.1. The molecule has 7 nitrogen and oxygen atoms in total. The molecular weight excluding hydrogens is 499 g/mol. The predicted molar refractivity (Wildman–Crippen MR) is 141 cm³/mol. The number of nitrogens with zero attached hydrogens (tertiary/aromatic N) is 2. The highest BCUT2D eigenvalue weighted by Crippen LogP contribution is 2.42. The molecule has 39 heavy (non-hydrogen) atoms. The van der Waals surface area contributed by atoms with Crippen LogP contribution >= 0.6 is 0 Å². The van der Waals surface area contributed by atoms with Crippen LogP contribution in [0.25, 0.3) is 11.1 Å². The monoisotopic (exact) mass is 526 g/mol. The van der Waals surface area contributed by atoms with Gasteiger partial charge in [0.05, 0.1) is 25.6 Å². The lowest BCUT2D eigenvalue weighted by atomic mass is 9.96. The normalized spacial score (nSPS) is 18.4. The molecule has 1 N–H and O–H groups in total. The van der Waals surface area contributed by atoms with Crippen molar-refractivity contribution in [2.24, 2.45) is 0 Å². The molecule has 8 heteroatoms. The summed E-state index contributed by atoms with van der Waals surface area (Å²) in [4.78, 5) is 15.6. The number of ether oxygens (including phenoxy) is 3. The third-order valence-corrected chi connectivity index (χ3v) is 6.99. The van der Waals surface area contributed by atoms with Crippen LogP contribution in [0.15, 0.2) is 48.7 Å². The van der Waals surface area contributed by atoms with Crippen LogP contribution in [-0.4, -0.2) is 35.4 Å². The molecule has 1 aliphatic heterocycles. The van der Waals surface area contributed by atoms with Crippen molar-refractivity contribution in [3.63, 3.8) is 0 Å². The average molecular weight is 527 g/mol. The first-order valence-corrected chi connectivity index (χ1v) is 12.8. The van der Waals surface area contributed by atoms with Crippen molar-refractivity contribution in [1.29, 1.82) is 5.26 Å². The second-order valence-electron chi connectivity index (χ2n) is 9.54. The number of carbonyl (C=O) groups is 1. The van der Waals surface area contributed by atoms with E-state index in [0.717, 1.165) is 23.1 Å². The predicted octanol–water partition coefficient (Wildman–Crippen LogP) is 5.57. The minimum Gasteiger partial charge on any atom is -0.486 e.